The highest BCUT2D eigenvalue weighted by Crippen LogP contribution is 2.32. The van der Waals surface area contributed by atoms with Crippen LogP contribution in [0.25, 0.3) is 10.4 Å². The number of aliphatic hydroxyl groups excluding tert-OH is 1. The Labute approximate surface area is 136 Å². The number of H-pyrrole nitrogens is 1. The lowest BCUT2D eigenvalue weighted by molar-refractivity contribution is -0.135. The smallest absolute Gasteiger partial charge is 0.330 e. The third-order valence-electron chi connectivity index (χ3n) is 3.30. The number of Topliss-reactive ketones (excluding diaryl/α,β-unsaturated/α-hetero) is 1. The van der Waals surface area contributed by atoms with Gasteiger partial charge in [-0.3, -0.25) is 19.1 Å². The van der Waals surface area contributed by atoms with Crippen molar-refractivity contribution in [2.24, 2.45) is 5.11 Å². The summed E-state index contributed by atoms with van der Waals surface area (Å²) in [5.74, 6) is -0.535. The molecule has 1 unspecified atom stereocenters. The lowest BCUT2D eigenvalue weighted by Gasteiger charge is -2.19. The third kappa shape index (κ3) is 3.21. The molecule has 1 aliphatic heterocycles. The molecule has 1 fully saturated rings. The van der Waals surface area contributed by atoms with Crippen molar-refractivity contribution in [3.8, 4) is 0 Å². The van der Waals surface area contributed by atoms with E-state index in [2.05, 4.69) is 15.0 Å². The number of nitrogens with zero attached hydrogens (tertiary/aromatic N) is 4. The predicted octanol–water partition coefficient (Wildman–Crippen LogP) is 0.0575. The maximum Gasteiger partial charge on any atom is 0.330 e. The zero-order chi connectivity index (χ0) is 16.4. The Morgan fingerprint density at radius 1 is 1.68 bits per heavy atom. The van der Waals surface area contributed by atoms with Gasteiger partial charge in [-0.1, -0.05) is 5.11 Å². The van der Waals surface area contributed by atoms with Crippen LogP contribution in [0.4, 0.5) is 0 Å². The van der Waals surface area contributed by atoms with Crippen LogP contribution in [0.15, 0.2) is 20.9 Å². The number of hydrogen-bond donors (Lipinski definition) is 2. The number of carbonyl (C=O) groups is 1. The molecule has 0 bridgehead atoms. The Hall–Kier alpha value is -1.69. The molecular weight excluding hydrogens is 409 g/mol. The molecule has 22 heavy (non-hydrogen) atoms. The molecule has 10 nitrogen and oxygen atoms in total. The van der Waals surface area contributed by atoms with Crippen molar-refractivity contribution in [1.29, 1.82) is 0 Å². The second-order valence-corrected chi connectivity index (χ2v) is 5.92. The van der Waals surface area contributed by atoms with Crippen LogP contribution in [0.3, 0.4) is 0 Å². The second-order valence-electron chi connectivity index (χ2n) is 4.76. The first-order chi connectivity index (χ1) is 10.3. The summed E-state index contributed by atoms with van der Waals surface area (Å²) >= 11 is 1.76. The van der Waals surface area contributed by atoms with Gasteiger partial charge < -0.3 is 9.84 Å². The van der Waals surface area contributed by atoms with Crippen LogP contribution in [-0.2, 0) is 9.53 Å². The van der Waals surface area contributed by atoms with Gasteiger partial charge in [-0.2, -0.15) is 0 Å². The second kappa shape index (κ2) is 6.60. The maximum atomic E-state index is 11.8. The number of aromatic amines is 1. The number of nitrogens with one attached hydrogen (secondary N) is 1. The number of carbonyl (C=O) groups excluding carboxylic acids is 1. The summed E-state index contributed by atoms with van der Waals surface area (Å²) in [4.78, 5) is 39.3. The average Bonchev–Trinajstić information content (AvgIpc) is 2.86. The molecule has 0 radical (unpaired) electrons. The molecule has 118 valence electrons. The van der Waals surface area contributed by atoms with Crippen LogP contribution < -0.4 is 11.2 Å². The topological polar surface area (TPSA) is 150 Å². The highest BCUT2D eigenvalue weighted by atomic mass is 127. The van der Waals surface area contributed by atoms with Gasteiger partial charge >= 0.3 is 5.69 Å². The minimum atomic E-state index is -1.46. The molecule has 1 saturated heterocycles. The van der Waals surface area contributed by atoms with Crippen LogP contribution >= 0.6 is 22.6 Å². The SMILES string of the molecule is CC(=O)C(O)[C@H]1O[C@@H](n2cc(I)c(=O)[nH]c2=O)C[C@@H]1N=[N+]=[N-]. The fourth-order valence-electron chi connectivity index (χ4n) is 2.22. The van der Waals surface area contributed by atoms with Crippen molar-refractivity contribution in [3.63, 3.8) is 0 Å². The molecule has 1 aliphatic rings. The van der Waals surface area contributed by atoms with E-state index in [1.165, 1.54) is 13.1 Å². The number of azide groups is 1. The number of aliphatic hydroxyl groups is 1. The largest absolute Gasteiger partial charge is 0.383 e. The maximum absolute atomic E-state index is 11.8. The van der Waals surface area contributed by atoms with Gasteiger partial charge in [0.25, 0.3) is 5.56 Å². The van der Waals surface area contributed by atoms with E-state index in [1.807, 2.05) is 0 Å². The van der Waals surface area contributed by atoms with E-state index in [-0.39, 0.29) is 9.99 Å². The molecule has 4 atom stereocenters. The van der Waals surface area contributed by atoms with Gasteiger partial charge in [0.05, 0.1) is 9.61 Å². The molecule has 2 rings (SSSR count). The highest BCUT2D eigenvalue weighted by molar-refractivity contribution is 14.1. The van der Waals surface area contributed by atoms with E-state index in [1.54, 1.807) is 22.6 Å². The summed E-state index contributed by atoms with van der Waals surface area (Å²) in [5, 5.41) is 13.4. The zero-order valence-electron chi connectivity index (χ0n) is 11.3. The quantitative estimate of drug-likeness (QED) is 0.305. The Morgan fingerprint density at radius 3 is 2.95 bits per heavy atom. The fourth-order valence-corrected chi connectivity index (χ4v) is 2.65. The van der Waals surface area contributed by atoms with E-state index in [9.17, 15) is 19.5 Å². The Morgan fingerprint density at radius 2 is 2.36 bits per heavy atom. The molecule has 2 N–H and O–H groups in total. The van der Waals surface area contributed by atoms with Crippen molar-refractivity contribution >= 4 is 28.4 Å². The summed E-state index contributed by atoms with van der Waals surface area (Å²) in [6.45, 7) is 1.18. The van der Waals surface area contributed by atoms with Crippen LogP contribution in [-0.4, -0.2) is 38.7 Å². The van der Waals surface area contributed by atoms with Crippen LogP contribution in [0.1, 0.15) is 19.6 Å². The lowest BCUT2D eigenvalue weighted by atomic mass is 10.0. The predicted molar refractivity (Wildman–Crippen MR) is 82.2 cm³/mol. The van der Waals surface area contributed by atoms with Gasteiger partial charge in [0.15, 0.2) is 5.78 Å². The summed E-state index contributed by atoms with van der Waals surface area (Å²) < 4.78 is 6.92. The van der Waals surface area contributed by atoms with E-state index in [0.717, 1.165) is 4.57 Å². The van der Waals surface area contributed by atoms with E-state index in [0.29, 0.717) is 0 Å². The molecule has 0 aliphatic carbocycles. The zero-order valence-corrected chi connectivity index (χ0v) is 13.5. The number of aromatic nitrogens is 2. The highest BCUT2D eigenvalue weighted by Gasteiger charge is 2.41. The molecule has 11 heteroatoms. The van der Waals surface area contributed by atoms with Crippen molar-refractivity contribution in [1.82, 2.24) is 9.55 Å². The van der Waals surface area contributed by atoms with Crippen LogP contribution in [0.5, 0.6) is 0 Å². The Bertz CT molecular complexity index is 752. The first-order valence-electron chi connectivity index (χ1n) is 6.24. The first kappa shape index (κ1) is 16.7. The van der Waals surface area contributed by atoms with Gasteiger partial charge in [-0.15, -0.1) is 0 Å². The van der Waals surface area contributed by atoms with Gasteiger partial charge in [0.2, 0.25) is 0 Å². The van der Waals surface area contributed by atoms with Crippen LogP contribution in [0, 0.1) is 3.57 Å². The van der Waals surface area contributed by atoms with Crippen molar-refractivity contribution < 1.29 is 14.6 Å². The van der Waals surface area contributed by atoms with Crippen molar-refractivity contribution in [2.45, 2.75) is 37.8 Å². The molecule has 0 aromatic carbocycles. The van der Waals surface area contributed by atoms with Crippen molar-refractivity contribution in [2.75, 3.05) is 0 Å². The summed E-state index contributed by atoms with van der Waals surface area (Å²) in [5.41, 5.74) is 7.37. The summed E-state index contributed by atoms with van der Waals surface area (Å²) in [6, 6.07) is -0.801. The van der Waals surface area contributed by atoms with E-state index in [4.69, 9.17) is 10.3 Å². The minimum Gasteiger partial charge on any atom is -0.383 e. The minimum absolute atomic E-state index is 0.0983. The number of ether oxygens (including phenoxy) is 1. The monoisotopic (exact) mass is 421 g/mol. The molecule has 1 aromatic heterocycles. The normalized spacial score (nSPS) is 25.5. The summed E-state index contributed by atoms with van der Waals surface area (Å²) in [7, 11) is 0. The molecule has 0 amide bonds. The molecule has 0 saturated carbocycles. The van der Waals surface area contributed by atoms with Gasteiger partial charge in [-0.25, -0.2) is 4.79 Å². The molecule has 1 aromatic rings. The van der Waals surface area contributed by atoms with Crippen molar-refractivity contribution in [3.05, 3.63) is 41.0 Å². The first-order valence-corrected chi connectivity index (χ1v) is 7.32. The third-order valence-corrected chi connectivity index (χ3v) is 4.07. The van der Waals surface area contributed by atoms with E-state index >= 15 is 0 Å². The number of ketones is 1. The molecule has 2 heterocycles. The van der Waals surface area contributed by atoms with Gasteiger partial charge in [-0.05, 0) is 35.0 Å². The number of rotatable bonds is 4. The number of halogens is 1. The van der Waals surface area contributed by atoms with E-state index < -0.39 is 41.5 Å². The van der Waals surface area contributed by atoms with Gasteiger partial charge in [0.1, 0.15) is 18.4 Å². The fraction of sp³-hybridized carbons (Fsp3) is 0.545. The summed E-state index contributed by atoms with van der Waals surface area (Å²) in [6.07, 6.45) is -1.95. The molecule has 0 spiro atoms. The van der Waals surface area contributed by atoms with Crippen LogP contribution in [0.2, 0.25) is 0 Å². The molecular formula is C11H12IN5O5. The lowest BCUT2D eigenvalue weighted by Crippen LogP contribution is -2.38. The Kier molecular flexibility index (Phi) is 5.01. The Balaban J connectivity index is 2.37. The standard InChI is InChI=1S/C11H12IN5O5/c1-4(18)8(19)9-6(15-16-13)2-7(22-9)17-3-5(12)10(20)14-11(17)21/h3,6-9,19H,2H2,1H3,(H,14,20,21)/t6-,7+,8?,9-/m0/s1. The number of hydrogen-bond acceptors (Lipinski definition) is 6. The van der Waals surface area contributed by atoms with Gasteiger partial charge in [0, 0.05) is 17.5 Å². The average molecular weight is 421 g/mol.